The molecule has 2 aliphatic heterocycles. The van der Waals surface area contributed by atoms with Gasteiger partial charge in [-0.25, -0.2) is 4.39 Å². The lowest BCUT2D eigenvalue weighted by Crippen LogP contribution is -2.38. The Hall–Kier alpha value is -2.88. The van der Waals surface area contributed by atoms with Gasteiger partial charge in [0.25, 0.3) is 17.1 Å². The summed E-state index contributed by atoms with van der Waals surface area (Å²) >= 11 is 12.8. The number of hydrogen-bond acceptors (Lipinski definition) is 5. The van der Waals surface area contributed by atoms with Crippen molar-refractivity contribution < 1.29 is 23.6 Å². The number of rotatable bonds is 4. The molecule has 0 saturated carbocycles. The Morgan fingerprint density at radius 2 is 1.71 bits per heavy atom. The molecule has 1 N–H and O–H groups in total. The van der Waals surface area contributed by atoms with Crippen LogP contribution in [0.5, 0.6) is 0 Å². The van der Waals surface area contributed by atoms with Crippen LogP contribution < -0.4 is 5.32 Å². The van der Waals surface area contributed by atoms with E-state index in [1.807, 2.05) is 0 Å². The van der Waals surface area contributed by atoms with Gasteiger partial charge in [0.1, 0.15) is 12.4 Å². The lowest BCUT2D eigenvalue weighted by Gasteiger charge is -2.29. The van der Waals surface area contributed by atoms with Crippen LogP contribution in [-0.4, -0.2) is 52.4 Å². The Labute approximate surface area is 208 Å². The highest BCUT2D eigenvalue weighted by Crippen LogP contribution is 2.36. The Morgan fingerprint density at radius 1 is 1.03 bits per heavy atom. The number of anilines is 1. The van der Waals surface area contributed by atoms with Crippen molar-refractivity contribution in [1.29, 1.82) is 0 Å². The summed E-state index contributed by atoms with van der Waals surface area (Å²) in [7, 11) is 0. The van der Waals surface area contributed by atoms with E-state index in [2.05, 4.69) is 5.32 Å². The van der Waals surface area contributed by atoms with Crippen molar-refractivity contribution >= 4 is 63.6 Å². The Kier molecular flexibility index (Phi) is 7.25. The number of nitrogens with zero attached hydrogens (tertiary/aromatic N) is 2. The molecule has 2 heterocycles. The number of benzene rings is 2. The van der Waals surface area contributed by atoms with Crippen molar-refractivity contribution in [3.05, 3.63) is 74.4 Å². The standard InChI is InChI=1S/C23H18Cl2FN3O4S/c24-14-1-6-17(18(25)11-14)21(31)28-9-7-13(8-10-28)20-22(32)29(23(33)34-20)12-19(30)27-16-4-2-15(26)3-5-16/h1-6,11H,7-10,12H2,(H,27,30). The predicted octanol–water partition coefficient (Wildman–Crippen LogP) is 4.96. The van der Waals surface area contributed by atoms with Gasteiger partial charge in [0.05, 0.1) is 15.5 Å². The maximum Gasteiger partial charge on any atom is 0.294 e. The second-order valence-corrected chi connectivity index (χ2v) is 9.47. The summed E-state index contributed by atoms with van der Waals surface area (Å²) in [6.45, 7) is 0.284. The van der Waals surface area contributed by atoms with Gasteiger partial charge >= 0.3 is 0 Å². The molecule has 0 atom stereocenters. The van der Waals surface area contributed by atoms with Gasteiger partial charge in [-0.1, -0.05) is 23.2 Å². The Balaban J connectivity index is 1.38. The number of halogens is 3. The van der Waals surface area contributed by atoms with E-state index in [9.17, 15) is 23.6 Å². The second kappa shape index (κ2) is 10.2. The predicted molar refractivity (Wildman–Crippen MR) is 128 cm³/mol. The molecule has 34 heavy (non-hydrogen) atoms. The number of thioether (sulfide) groups is 1. The second-order valence-electron chi connectivity index (χ2n) is 7.66. The van der Waals surface area contributed by atoms with E-state index in [1.54, 1.807) is 17.0 Å². The van der Waals surface area contributed by atoms with E-state index in [0.29, 0.717) is 47.1 Å². The van der Waals surface area contributed by atoms with E-state index in [4.69, 9.17) is 23.2 Å². The molecular weight excluding hydrogens is 504 g/mol. The Morgan fingerprint density at radius 3 is 2.35 bits per heavy atom. The highest BCUT2D eigenvalue weighted by molar-refractivity contribution is 8.18. The van der Waals surface area contributed by atoms with Gasteiger partial charge in [-0.05, 0) is 72.6 Å². The van der Waals surface area contributed by atoms with E-state index < -0.39 is 29.4 Å². The number of piperidine rings is 1. The van der Waals surface area contributed by atoms with Gasteiger partial charge in [0.15, 0.2) is 0 Å². The monoisotopic (exact) mass is 521 g/mol. The lowest BCUT2D eigenvalue weighted by atomic mass is 10.0. The van der Waals surface area contributed by atoms with Gasteiger partial charge in [-0.15, -0.1) is 0 Å². The SMILES string of the molecule is O=C(CN1C(=O)SC(=C2CCN(C(=O)c3ccc(Cl)cc3Cl)CC2)C1=O)Nc1ccc(F)cc1. The molecule has 2 aliphatic rings. The molecule has 4 amide bonds. The smallest absolute Gasteiger partial charge is 0.294 e. The first-order chi connectivity index (χ1) is 16.2. The fourth-order valence-corrected chi connectivity index (χ4v) is 5.14. The summed E-state index contributed by atoms with van der Waals surface area (Å²) in [5.74, 6) is -1.77. The molecule has 2 saturated heterocycles. The fraction of sp³-hybridized carbons (Fsp3) is 0.217. The molecule has 0 radical (unpaired) electrons. The van der Waals surface area contributed by atoms with Crippen molar-refractivity contribution in [2.24, 2.45) is 0 Å². The van der Waals surface area contributed by atoms with Crippen LogP contribution in [0.1, 0.15) is 23.2 Å². The minimum absolute atomic E-state index is 0.230. The third kappa shape index (κ3) is 5.27. The van der Waals surface area contributed by atoms with E-state index in [0.717, 1.165) is 22.2 Å². The normalized spacial score (nSPS) is 16.3. The molecule has 0 aromatic heterocycles. The zero-order valence-electron chi connectivity index (χ0n) is 17.6. The molecule has 2 aromatic carbocycles. The highest BCUT2D eigenvalue weighted by atomic mass is 35.5. The van der Waals surface area contributed by atoms with Crippen LogP contribution in [0.2, 0.25) is 10.0 Å². The quantitative estimate of drug-likeness (QED) is 0.574. The third-order valence-corrected chi connectivity index (χ3v) is 7.03. The third-order valence-electron chi connectivity index (χ3n) is 5.42. The summed E-state index contributed by atoms with van der Waals surface area (Å²) in [6, 6.07) is 9.83. The molecule has 11 heteroatoms. The number of carbonyl (C=O) groups excluding carboxylic acids is 4. The first-order valence-corrected chi connectivity index (χ1v) is 11.9. The van der Waals surface area contributed by atoms with Crippen molar-refractivity contribution in [2.75, 3.05) is 25.0 Å². The summed E-state index contributed by atoms with van der Waals surface area (Å²) < 4.78 is 13.0. The van der Waals surface area contributed by atoms with Gasteiger partial charge in [-0.3, -0.25) is 24.1 Å². The van der Waals surface area contributed by atoms with Crippen molar-refractivity contribution in [3.63, 3.8) is 0 Å². The molecule has 0 bridgehead atoms. The van der Waals surface area contributed by atoms with Crippen LogP contribution in [0.4, 0.5) is 14.9 Å². The van der Waals surface area contributed by atoms with Crippen LogP contribution in [0.3, 0.4) is 0 Å². The Bertz CT molecular complexity index is 1210. The summed E-state index contributed by atoms with van der Waals surface area (Å²) in [6.07, 6.45) is 0.849. The van der Waals surface area contributed by atoms with Crippen LogP contribution >= 0.6 is 35.0 Å². The van der Waals surface area contributed by atoms with Crippen molar-refractivity contribution in [1.82, 2.24) is 9.80 Å². The number of nitrogens with one attached hydrogen (secondary N) is 1. The largest absolute Gasteiger partial charge is 0.338 e. The van der Waals surface area contributed by atoms with Gasteiger partial charge < -0.3 is 10.2 Å². The van der Waals surface area contributed by atoms with Crippen LogP contribution in [-0.2, 0) is 9.59 Å². The summed E-state index contributed by atoms with van der Waals surface area (Å²) in [5.41, 5.74) is 1.48. The van der Waals surface area contributed by atoms with Crippen LogP contribution in [0, 0.1) is 5.82 Å². The van der Waals surface area contributed by atoms with Crippen LogP contribution in [0.15, 0.2) is 52.9 Å². The van der Waals surface area contributed by atoms with E-state index in [1.165, 1.54) is 30.3 Å². The number of carbonyl (C=O) groups is 4. The molecule has 0 aliphatic carbocycles. The van der Waals surface area contributed by atoms with Crippen molar-refractivity contribution in [2.45, 2.75) is 12.8 Å². The van der Waals surface area contributed by atoms with Gasteiger partial charge in [0.2, 0.25) is 5.91 Å². The van der Waals surface area contributed by atoms with Gasteiger partial charge in [0, 0.05) is 23.8 Å². The lowest BCUT2D eigenvalue weighted by molar-refractivity contribution is -0.127. The molecule has 4 rings (SSSR count). The number of likely N-dealkylation sites (tertiary alicyclic amines) is 1. The molecule has 176 valence electrons. The minimum atomic E-state index is -0.569. The average molecular weight is 522 g/mol. The zero-order chi connectivity index (χ0) is 24.4. The molecule has 0 spiro atoms. The number of imide groups is 1. The number of amides is 4. The van der Waals surface area contributed by atoms with E-state index in [-0.39, 0.29) is 10.9 Å². The molecule has 7 nitrogen and oxygen atoms in total. The zero-order valence-corrected chi connectivity index (χ0v) is 20.0. The maximum atomic E-state index is 13.0. The average Bonchev–Trinajstić information content (AvgIpc) is 3.08. The molecule has 2 fully saturated rings. The molecule has 0 unspecified atom stereocenters. The fourth-order valence-electron chi connectivity index (χ4n) is 3.67. The number of hydrogen-bond donors (Lipinski definition) is 1. The summed E-state index contributed by atoms with van der Waals surface area (Å²) in [5, 5.41) is 2.70. The van der Waals surface area contributed by atoms with E-state index >= 15 is 0 Å². The summed E-state index contributed by atoms with van der Waals surface area (Å²) in [4.78, 5) is 53.2. The minimum Gasteiger partial charge on any atom is -0.338 e. The first kappa shape index (κ1) is 24.3. The highest BCUT2D eigenvalue weighted by Gasteiger charge is 2.39. The van der Waals surface area contributed by atoms with Crippen LogP contribution in [0.25, 0.3) is 0 Å². The molecular formula is C23H18Cl2FN3O4S. The first-order valence-electron chi connectivity index (χ1n) is 10.3. The van der Waals surface area contributed by atoms with Crippen molar-refractivity contribution in [3.8, 4) is 0 Å². The van der Waals surface area contributed by atoms with Gasteiger partial charge in [-0.2, -0.15) is 0 Å². The maximum absolute atomic E-state index is 13.0. The molecule has 2 aromatic rings. The topological polar surface area (TPSA) is 86.8 Å².